The van der Waals surface area contributed by atoms with Crippen molar-refractivity contribution in [3.8, 4) is 0 Å². The van der Waals surface area contributed by atoms with Crippen molar-refractivity contribution in [2.24, 2.45) is 0 Å². The van der Waals surface area contributed by atoms with E-state index in [0.717, 1.165) is 19.3 Å². The van der Waals surface area contributed by atoms with Crippen LogP contribution in [0.5, 0.6) is 0 Å². The quantitative estimate of drug-likeness (QED) is 0.544. The van der Waals surface area contributed by atoms with E-state index in [0.29, 0.717) is 16.6 Å². The van der Waals surface area contributed by atoms with Crippen LogP contribution in [0.25, 0.3) is 0 Å². The van der Waals surface area contributed by atoms with Gasteiger partial charge in [0, 0.05) is 6.61 Å². The van der Waals surface area contributed by atoms with Gasteiger partial charge in [-0.3, -0.25) is 0 Å². The van der Waals surface area contributed by atoms with Gasteiger partial charge in [-0.1, -0.05) is 47.6 Å². The summed E-state index contributed by atoms with van der Waals surface area (Å²) in [5, 5.41) is 9.19. The summed E-state index contributed by atoms with van der Waals surface area (Å²) in [5.41, 5.74) is 3.22. The molecule has 0 aromatic heterocycles. The van der Waals surface area contributed by atoms with Gasteiger partial charge in [0.05, 0.1) is 6.10 Å². The molecule has 1 aliphatic rings. The van der Waals surface area contributed by atoms with E-state index in [1.165, 1.54) is 5.57 Å². The standard InChI is InChI=1S/C16H32O2Si/c1-12(2)19(13(3)4,14(5)6)18-16-9-7-8-15(16)10-11-17/h8,12-14,16-17H,7,9-11H2,1-6H3. The zero-order chi connectivity index (χ0) is 14.6. The molecule has 0 amide bonds. The van der Waals surface area contributed by atoms with E-state index < -0.39 is 8.32 Å². The third kappa shape index (κ3) is 3.50. The lowest BCUT2D eigenvalue weighted by atomic mass is 10.1. The molecule has 0 saturated heterocycles. The number of aliphatic hydroxyl groups excluding tert-OH is 1. The van der Waals surface area contributed by atoms with Crippen LogP contribution in [0.4, 0.5) is 0 Å². The molecule has 112 valence electrons. The van der Waals surface area contributed by atoms with Gasteiger partial charge < -0.3 is 9.53 Å². The third-order valence-corrected chi connectivity index (χ3v) is 10.8. The maximum absolute atomic E-state index is 9.19. The van der Waals surface area contributed by atoms with Crippen molar-refractivity contribution in [3.63, 3.8) is 0 Å². The van der Waals surface area contributed by atoms with Crippen LogP contribution >= 0.6 is 0 Å². The van der Waals surface area contributed by atoms with Crippen LogP contribution in [0, 0.1) is 0 Å². The molecule has 1 rings (SSSR count). The summed E-state index contributed by atoms with van der Waals surface area (Å²) < 4.78 is 6.81. The number of allylic oxidation sites excluding steroid dienone is 1. The van der Waals surface area contributed by atoms with Gasteiger partial charge in [0.25, 0.3) is 0 Å². The van der Waals surface area contributed by atoms with Crippen molar-refractivity contribution in [2.75, 3.05) is 6.61 Å². The second-order valence-electron chi connectivity index (χ2n) is 6.75. The van der Waals surface area contributed by atoms with E-state index in [-0.39, 0.29) is 12.7 Å². The molecular weight excluding hydrogens is 252 g/mol. The highest BCUT2D eigenvalue weighted by molar-refractivity contribution is 6.77. The van der Waals surface area contributed by atoms with E-state index in [1.54, 1.807) is 0 Å². The summed E-state index contributed by atoms with van der Waals surface area (Å²) in [6.07, 6.45) is 5.55. The SMILES string of the molecule is CC(C)[Si](OC1CCC=C1CCO)(C(C)C)C(C)C. The van der Waals surface area contributed by atoms with E-state index in [2.05, 4.69) is 47.6 Å². The minimum atomic E-state index is -1.79. The Bertz CT molecular complexity index is 286. The molecule has 1 N–H and O–H groups in total. The summed E-state index contributed by atoms with van der Waals surface area (Å²) in [5.74, 6) is 0. The molecule has 1 aliphatic carbocycles. The second-order valence-corrected chi connectivity index (χ2v) is 12.2. The maximum Gasteiger partial charge on any atom is 0.201 e. The molecule has 0 aromatic carbocycles. The van der Waals surface area contributed by atoms with E-state index >= 15 is 0 Å². The first-order valence-corrected chi connectivity index (χ1v) is 9.97. The fourth-order valence-corrected chi connectivity index (χ4v) is 9.50. The molecule has 0 aromatic rings. The highest BCUT2D eigenvalue weighted by Gasteiger charge is 2.47. The average Bonchev–Trinajstić information content (AvgIpc) is 2.72. The first kappa shape index (κ1) is 16.9. The van der Waals surface area contributed by atoms with Crippen LogP contribution in [0.1, 0.15) is 60.8 Å². The zero-order valence-electron chi connectivity index (χ0n) is 13.6. The summed E-state index contributed by atoms with van der Waals surface area (Å²) in [6, 6.07) is 0. The van der Waals surface area contributed by atoms with Crippen molar-refractivity contribution in [3.05, 3.63) is 11.6 Å². The summed E-state index contributed by atoms with van der Waals surface area (Å²) in [6.45, 7) is 14.2. The van der Waals surface area contributed by atoms with Crippen molar-refractivity contribution in [1.29, 1.82) is 0 Å². The third-order valence-electron chi connectivity index (χ3n) is 4.70. The summed E-state index contributed by atoms with van der Waals surface area (Å²) >= 11 is 0. The summed E-state index contributed by atoms with van der Waals surface area (Å²) in [7, 11) is -1.79. The molecule has 3 heteroatoms. The van der Waals surface area contributed by atoms with Crippen LogP contribution < -0.4 is 0 Å². The Morgan fingerprint density at radius 3 is 2.11 bits per heavy atom. The Labute approximate surface area is 120 Å². The van der Waals surface area contributed by atoms with Crippen molar-refractivity contribution >= 4 is 8.32 Å². The number of hydrogen-bond acceptors (Lipinski definition) is 2. The summed E-state index contributed by atoms with van der Waals surface area (Å²) in [4.78, 5) is 0. The predicted octanol–water partition coefficient (Wildman–Crippen LogP) is 4.65. The molecule has 2 nitrogen and oxygen atoms in total. The fourth-order valence-electron chi connectivity index (χ4n) is 3.92. The van der Waals surface area contributed by atoms with Crippen molar-refractivity contribution in [2.45, 2.75) is 83.5 Å². The molecular formula is C16H32O2Si. The average molecular weight is 285 g/mol. The number of hydrogen-bond donors (Lipinski definition) is 1. The lowest BCUT2D eigenvalue weighted by molar-refractivity contribution is 0.195. The van der Waals surface area contributed by atoms with Crippen LogP contribution in [-0.4, -0.2) is 26.1 Å². The van der Waals surface area contributed by atoms with Gasteiger partial charge in [-0.2, -0.15) is 0 Å². The van der Waals surface area contributed by atoms with Gasteiger partial charge in [0.15, 0.2) is 0 Å². The second kappa shape index (κ2) is 7.05. The minimum absolute atomic E-state index is 0.241. The highest BCUT2D eigenvalue weighted by Crippen LogP contribution is 2.45. The zero-order valence-corrected chi connectivity index (χ0v) is 14.6. The first-order valence-electron chi connectivity index (χ1n) is 7.83. The smallest absolute Gasteiger partial charge is 0.201 e. The van der Waals surface area contributed by atoms with Gasteiger partial charge in [-0.05, 0) is 41.5 Å². The normalized spacial score (nSPS) is 20.7. The van der Waals surface area contributed by atoms with Gasteiger partial charge in [-0.15, -0.1) is 0 Å². The monoisotopic (exact) mass is 284 g/mol. The number of aliphatic hydroxyl groups is 1. The molecule has 0 aliphatic heterocycles. The molecule has 0 bridgehead atoms. The Kier molecular flexibility index (Phi) is 6.28. The lowest BCUT2D eigenvalue weighted by Gasteiger charge is -2.44. The lowest BCUT2D eigenvalue weighted by Crippen LogP contribution is -2.50. The van der Waals surface area contributed by atoms with E-state index in [9.17, 15) is 5.11 Å². The Morgan fingerprint density at radius 2 is 1.68 bits per heavy atom. The van der Waals surface area contributed by atoms with E-state index in [4.69, 9.17) is 4.43 Å². The molecule has 0 radical (unpaired) electrons. The fraction of sp³-hybridized carbons (Fsp3) is 0.875. The Hall–Kier alpha value is -0.123. The van der Waals surface area contributed by atoms with Gasteiger partial charge >= 0.3 is 0 Å². The number of rotatable bonds is 7. The van der Waals surface area contributed by atoms with Gasteiger partial charge in [0.1, 0.15) is 0 Å². The molecule has 0 fully saturated rings. The van der Waals surface area contributed by atoms with Crippen molar-refractivity contribution < 1.29 is 9.53 Å². The van der Waals surface area contributed by atoms with Gasteiger partial charge in [-0.25, -0.2) is 0 Å². The molecule has 19 heavy (non-hydrogen) atoms. The largest absolute Gasteiger partial charge is 0.409 e. The molecule has 0 spiro atoms. The Balaban J connectivity index is 2.92. The molecule has 1 unspecified atom stereocenters. The van der Waals surface area contributed by atoms with E-state index in [1.807, 2.05) is 0 Å². The molecule has 1 atom stereocenters. The first-order chi connectivity index (χ1) is 8.86. The van der Waals surface area contributed by atoms with Crippen molar-refractivity contribution in [1.82, 2.24) is 0 Å². The van der Waals surface area contributed by atoms with Crippen LogP contribution in [-0.2, 0) is 4.43 Å². The highest BCUT2D eigenvalue weighted by atomic mass is 28.4. The molecule has 0 saturated carbocycles. The topological polar surface area (TPSA) is 29.5 Å². The molecule has 0 heterocycles. The van der Waals surface area contributed by atoms with Crippen LogP contribution in [0.3, 0.4) is 0 Å². The minimum Gasteiger partial charge on any atom is -0.409 e. The predicted molar refractivity (Wildman–Crippen MR) is 84.9 cm³/mol. The Morgan fingerprint density at radius 1 is 1.16 bits per heavy atom. The van der Waals surface area contributed by atoms with Crippen LogP contribution in [0.15, 0.2) is 11.6 Å². The van der Waals surface area contributed by atoms with Gasteiger partial charge in [0.2, 0.25) is 8.32 Å². The maximum atomic E-state index is 9.19. The van der Waals surface area contributed by atoms with Crippen LogP contribution in [0.2, 0.25) is 16.6 Å².